The molecule has 0 N–H and O–H groups in total. The minimum atomic E-state index is -0.902. The van der Waals surface area contributed by atoms with E-state index in [1.807, 2.05) is 0 Å². The molecule has 1 aromatic heterocycles. The number of carbonyl (C=O) groups is 1. The van der Waals surface area contributed by atoms with Crippen LogP contribution in [0.2, 0.25) is 0 Å². The third-order valence-corrected chi connectivity index (χ3v) is 2.86. The molecule has 1 aromatic carbocycles. The van der Waals surface area contributed by atoms with Gasteiger partial charge in [-0.1, -0.05) is 6.92 Å². The van der Waals surface area contributed by atoms with Gasteiger partial charge in [0, 0.05) is 17.8 Å². The van der Waals surface area contributed by atoms with Crippen LogP contribution in [0.5, 0.6) is 0 Å². The highest BCUT2D eigenvalue weighted by Crippen LogP contribution is 2.12. The smallest absolute Gasteiger partial charge is 0.362 e. The van der Waals surface area contributed by atoms with Gasteiger partial charge in [-0.15, -0.1) is 0 Å². The van der Waals surface area contributed by atoms with E-state index in [0.717, 1.165) is 23.9 Å². The molecule has 21 heavy (non-hydrogen) atoms. The lowest BCUT2D eigenvalue weighted by Gasteiger charge is -2.09. The van der Waals surface area contributed by atoms with Crippen molar-refractivity contribution in [3.8, 4) is 5.69 Å². The molecule has 0 radical (unpaired) electrons. The number of halogens is 2. The maximum atomic E-state index is 13.3. The van der Waals surface area contributed by atoms with Crippen molar-refractivity contribution in [3.63, 3.8) is 0 Å². The van der Waals surface area contributed by atoms with Gasteiger partial charge in [-0.25, -0.2) is 18.3 Å². The van der Waals surface area contributed by atoms with E-state index < -0.39 is 28.7 Å². The number of ether oxygens (including phenoxy) is 1. The van der Waals surface area contributed by atoms with E-state index in [4.69, 9.17) is 0 Å². The lowest BCUT2D eigenvalue weighted by Crippen LogP contribution is -2.25. The molecule has 2 rings (SSSR count). The van der Waals surface area contributed by atoms with Gasteiger partial charge in [-0.3, -0.25) is 4.79 Å². The molecule has 0 spiro atoms. The average molecular weight is 294 g/mol. The van der Waals surface area contributed by atoms with Crippen LogP contribution in [-0.4, -0.2) is 22.9 Å². The van der Waals surface area contributed by atoms with Crippen LogP contribution >= 0.6 is 0 Å². The van der Waals surface area contributed by atoms with Gasteiger partial charge in [0.05, 0.1) is 12.8 Å². The summed E-state index contributed by atoms with van der Waals surface area (Å²) in [5.74, 6) is -2.48. The summed E-state index contributed by atoms with van der Waals surface area (Å²) in [6.07, 6.45) is 1.67. The summed E-state index contributed by atoms with van der Waals surface area (Å²) < 4.78 is 32.1. The first-order valence-corrected chi connectivity index (χ1v) is 6.14. The quantitative estimate of drug-likeness (QED) is 0.811. The molecule has 0 saturated heterocycles. The Balaban J connectivity index is 2.69. The summed E-state index contributed by atoms with van der Waals surface area (Å²) in [6.45, 7) is 1.72. The Kier molecular flexibility index (Phi) is 4.11. The second-order valence-electron chi connectivity index (χ2n) is 4.25. The van der Waals surface area contributed by atoms with Gasteiger partial charge in [0.15, 0.2) is 0 Å². The Labute approximate surface area is 118 Å². The van der Waals surface area contributed by atoms with Crippen molar-refractivity contribution in [2.75, 3.05) is 7.11 Å². The van der Waals surface area contributed by atoms with Gasteiger partial charge >= 0.3 is 5.97 Å². The molecule has 7 heteroatoms. The minimum Gasteiger partial charge on any atom is -0.464 e. The van der Waals surface area contributed by atoms with Crippen LogP contribution < -0.4 is 5.43 Å². The van der Waals surface area contributed by atoms with Crippen LogP contribution in [0.25, 0.3) is 5.69 Å². The van der Waals surface area contributed by atoms with E-state index in [1.165, 1.54) is 6.20 Å². The van der Waals surface area contributed by atoms with Gasteiger partial charge in [-0.2, -0.15) is 5.10 Å². The van der Waals surface area contributed by atoms with Crippen molar-refractivity contribution in [1.29, 1.82) is 0 Å². The number of nitrogens with zero attached hydrogens (tertiary/aromatic N) is 2. The van der Waals surface area contributed by atoms with Crippen LogP contribution in [0.4, 0.5) is 8.78 Å². The van der Waals surface area contributed by atoms with Gasteiger partial charge in [-0.05, 0) is 18.6 Å². The Hall–Kier alpha value is -2.57. The normalized spacial score (nSPS) is 10.5. The predicted octanol–water partition coefficient (Wildman–Crippen LogP) is 1.86. The van der Waals surface area contributed by atoms with Crippen LogP contribution in [0.15, 0.2) is 29.2 Å². The number of carbonyl (C=O) groups excluding carboxylic acids is 1. The Bertz CT molecular complexity index is 736. The zero-order valence-corrected chi connectivity index (χ0v) is 11.4. The summed E-state index contributed by atoms with van der Waals surface area (Å²) in [5, 5.41) is 3.80. The number of benzene rings is 1. The molecule has 0 aliphatic carbocycles. The van der Waals surface area contributed by atoms with Crippen molar-refractivity contribution in [1.82, 2.24) is 9.78 Å². The van der Waals surface area contributed by atoms with Gasteiger partial charge < -0.3 is 4.74 Å². The van der Waals surface area contributed by atoms with E-state index in [0.29, 0.717) is 12.5 Å². The molecular weight excluding hydrogens is 282 g/mol. The number of hydrogen-bond acceptors (Lipinski definition) is 4. The molecule has 110 valence electrons. The van der Waals surface area contributed by atoms with Crippen molar-refractivity contribution >= 4 is 5.97 Å². The average Bonchev–Trinajstić information content (AvgIpc) is 2.45. The van der Waals surface area contributed by atoms with Crippen molar-refractivity contribution in [3.05, 3.63) is 57.5 Å². The third-order valence-electron chi connectivity index (χ3n) is 2.86. The number of aryl methyl sites for hydroxylation is 1. The summed E-state index contributed by atoms with van der Waals surface area (Å²) in [5.41, 5.74) is -0.638. The molecule has 2 aromatic rings. The molecule has 0 fully saturated rings. The molecule has 5 nitrogen and oxygen atoms in total. The Morgan fingerprint density at radius 2 is 1.90 bits per heavy atom. The lowest BCUT2D eigenvalue weighted by molar-refractivity contribution is 0.0590. The minimum absolute atomic E-state index is 0.0624. The zero-order chi connectivity index (χ0) is 15.6. The highest BCUT2D eigenvalue weighted by Gasteiger charge is 2.17. The fraction of sp³-hybridized carbons (Fsp3) is 0.214. The number of methoxy groups -OCH3 is 1. The third kappa shape index (κ3) is 2.96. The van der Waals surface area contributed by atoms with Crippen molar-refractivity contribution in [2.45, 2.75) is 13.3 Å². The number of hydrogen-bond donors (Lipinski definition) is 0. The van der Waals surface area contributed by atoms with E-state index in [1.54, 1.807) is 6.92 Å². The second kappa shape index (κ2) is 5.82. The second-order valence-corrected chi connectivity index (χ2v) is 4.25. The van der Waals surface area contributed by atoms with Crippen LogP contribution in [0.1, 0.15) is 23.0 Å². The first-order valence-electron chi connectivity index (χ1n) is 6.14. The standard InChI is InChI=1S/C14H12F2N2O3/c1-3-8-7-18(11-5-9(15)4-10(16)6-11)17-12(13(8)19)14(20)21-2/h4-7H,3H2,1-2H3. The molecule has 0 amide bonds. The maximum absolute atomic E-state index is 13.3. The lowest BCUT2D eigenvalue weighted by atomic mass is 10.2. The van der Waals surface area contributed by atoms with Crippen molar-refractivity contribution < 1.29 is 18.3 Å². The topological polar surface area (TPSA) is 61.2 Å². The molecule has 0 aliphatic heterocycles. The van der Waals surface area contributed by atoms with E-state index in [9.17, 15) is 18.4 Å². The largest absolute Gasteiger partial charge is 0.464 e. The fourth-order valence-corrected chi connectivity index (χ4v) is 1.83. The van der Waals surface area contributed by atoms with Gasteiger partial charge in [0.1, 0.15) is 11.6 Å². The first kappa shape index (κ1) is 14.8. The van der Waals surface area contributed by atoms with Crippen LogP contribution in [0, 0.1) is 11.6 Å². The molecular formula is C14H12F2N2O3. The molecule has 0 saturated carbocycles. The first-order chi connectivity index (χ1) is 9.96. The Morgan fingerprint density at radius 3 is 2.43 bits per heavy atom. The molecule has 1 heterocycles. The van der Waals surface area contributed by atoms with Crippen LogP contribution in [-0.2, 0) is 11.2 Å². The fourth-order valence-electron chi connectivity index (χ4n) is 1.83. The number of esters is 1. The SMILES string of the molecule is CCc1cn(-c2cc(F)cc(F)c2)nc(C(=O)OC)c1=O. The Morgan fingerprint density at radius 1 is 1.29 bits per heavy atom. The molecule has 0 unspecified atom stereocenters. The maximum Gasteiger partial charge on any atom is 0.362 e. The highest BCUT2D eigenvalue weighted by molar-refractivity contribution is 5.87. The van der Waals surface area contributed by atoms with Gasteiger partial charge in [0.25, 0.3) is 0 Å². The summed E-state index contributed by atoms with van der Waals surface area (Å²) in [6, 6.07) is 2.80. The highest BCUT2D eigenvalue weighted by atomic mass is 19.1. The van der Waals surface area contributed by atoms with E-state index in [-0.39, 0.29) is 11.3 Å². The zero-order valence-electron chi connectivity index (χ0n) is 11.4. The monoisotopic (exact) mass is 294 g/mol. The molecule has 0 bridgehead atoms. The number of rotatable bonds is 3. The molecule has 0 atom stereocenters. The van der Waals surface area contributed by atoms with Crippen molar-refractivity contribution in [2.24, 2.45) is 0 Å². The number of aromatic nitrogens is 2. The summed E-state index contributed by atoms with van der Waals surface area (Å²) in [7, 11) is 1.12. The van der Waals surface area contributed by atoms with Crippen LogP contribution in [0.3, 0.4) is 0 Å². The summed E-state index contributed by atoms with van der Waals surface area (Å²) in [4.78, 5) is 23.6. The molecule has 0 aliphatic rings. The van der Waals surface area contributed by atoms with E-state index >= 15 is 0 Å². The predicted molar refractivity (Wildman–Crippen MR) is 70.5 cm³/mol. The summed E-state index contributed by atoms with van der Waals surface area (Å²) >= 11 is 0. The van der Waals surface area contributed by atoms with E-state index in [2.05, 4.69) is 9.84 Å². The van der Waals surface area contributed by atoms with Gasteiger partial charge in [0.2, 0.25) is 11.1 Å².